The van der Waals surface area contributed by atoms with E-state index in [9.17, 15) is 0 Å². The summed E-state index contributed by atoms with van der Waals surface area (Å²) in [4.78, 5) is 0. The molecular weight excluding hydrogens is 216 g/mol. The first-order chi connectivity index (χ1) is 5.66. The zero-order valence-electron chi connectivity index (χ0n) is 5.89. The Morgan fingerprint density at radius 1 is 1.33 bits per heavy atom. The predicted molar refractivity (Wildman–Crippen MR) is 50.7 cm³/mol. The van der Waals surface area contributed by atoms with E-state index in [0.29, 0.717) is 15.6 Å². The van der Waals surface area contributed by atoms with Gasteiger partial charge in [0.1, 0.15) is 5.38 Å². The van der Waals surface area contributed by atoms with Crippen LogP contribution in [0, 0.1) is 11.3 Å². The zero-order valence-corrected chi connectivity index (χ0v) is 8.16. The minimum Gasteiger partial charge on any atom is -0.196 e. The SMILES string of the molecule is N#C[C@H](Cl)c1cccc(Cl)c1Cl. The number of rotatable bonds is 1. The highest BCUT2D eigenvalue weighted by atomic mass is 35.5. The quantitative estimate of drug-likeness (QED) is 0.661. The molecule has 1 aromatic carbocycles. The Morgan fingerprint density at radius 3 is 2.58 bits per heavy atom. The van der Waals surface area contributed by atoms with E-state index in [2.05, 4.69) is 0 Å². The molecule has 0 amide bonds. The normalized spacial score (nSPS) is 12.2. The Balaban J connectivity index is 3.18. The first-order valence-electron chi connectivity index (χ1n) is 3.14. The number of hydrogen-bond acceptors (Lipinski definition) is 1. The van der Waals surface area contributed by atoms with Gasteiger partial charge in [-0.2, -0.15) is 5.26 Å². The van der Waals surface area contributed by atoms with Crippen LogP contribution in [0.25, 0.3) is 0 Å². The van der Waals surface area contributed by atoms with Crippen LogP contribution in [0.15, 0.2) is 18.2 Å². The van der Waals surface area contributed by atoms with Crippen molar-refractivity contribution in [1.29, 1.82) is 5.26 Å². The average Bonchev–Trinajstić information content (AvgIpc) is 2.08. The maximum atomic E-state index is 8.52. The molecule has 1 aromatic rings. The summed E-state index contributed by atoms with van der Waals surface area (Å²) < 4.78 is 0. The third-order valence-corrected chi connectivity index (χ3v) is 2.53. The van der Waals surface area contributed by atoms with Crippen molar-refractivity contribution in [1.82, 2.24) is 0 Å². The van der Waals surface area contributed by atoms with Gasteiger partial charge in [-0.05, 0) is 6.07 Å². The summed E-state index contributed by atoms with van der Waals surface area (Å²) in [5.74, 6) is 0. The maximum absolute atomic E-state index is 8.52. The lowest BCUT2D eigenvalue weighted by atomic mass is 10.2. The van der Waals surface area contributed by atoms with Crippen LogP contribution in [0.1, 0.15) is 10.9 Å². The Labute approximate surface area is 85.5 Å². The fourth-order valence-electron chi connectivity index (χ4n) is 0.786. The molecule has 62 valence electrons. The van der Waals surface area contributed by atoms with E-state index in [-0.39, 0.29) is 0 Å². The van der Waals surface area contributed by atoms with Gasteiger partial charge in [-0.25, -0.2) is 0 Å². The van der Waals surface area contributed by atoms with E-state index < -0.39 is 5.38 Å². The van der Waals surface area contributed by atoms with E-state index in [0.717, 1.165) is 0 Å². The van der Waals surface area contributed by atoms with Gasteiger partial charge in [0.2, 0.25) is 0 Å². The molecular formula is C8H4Cl3N. The standard InChI is InChI=1S/C8H4Cl3N/c9-6-3-1-2-5(8(6)11)7(10)4-12/h1-3,7H/t7-/m0/s1. The lowest BCUT2D eigenvalue weighted by Gasteiger charge is -2.04. The average molecular weight is 220 g/mol. The third kappa shape index (κ3) is 1.84. The van der Waals surface area contributed by atoms with Gasteiger partial charge in [0.05, 0.1) is 16.1 Å². The van der Waals surface area contributed by atoms with Gasteiger partial charge in [0.25, 0.3) is 0 Å². The Kier molecular flexibility index (Phi) is 3.22. The van der Waals surface area contributed by atoms with Crippen LogP contribution in [0.5, 0.6) is 0 Å². The van der Waals surface area contributed by atoms with Gasteiger partial charge < -0.3 is 0 Å². The summed E-state index contributed by atoms with van der Waals surface area (Å²) >= 11 is 17.2. The lowest BCUT2D eigenvalue weighted by Crippen LogP contribution is -1.87. The Bertz CT molecular complexity index is 330. The van der Waals surface area contributed by atoms with Gasteiger partial charge in [-0.15, -0.1) is 11.6 Å². The molecule has 0 bridgehead atoms. The molecule has 0 heterocycles. The summed E-state index contributed by atoms with van der Waals surface area (Å²) in [6, 6.07) is 6.90. The van der Waals surface area contributed by atoms with E-state index in [4.69, 9.17) is 40.1 Å². The molecule has 0 aliphatic rings. The fourth-order valence-corrected chi connectivity index (χ4v) is 1.44. The molecule has 0 aromatic heterocycles. The van der Waals surface area contributed by atoms with Crippen molar-refractivity contribution in [3.8, 4) is 6.07 Å². The molecule has 1 rings (SSSR count). The summed E-state index contributed by atoms with van der Waals surface area (Å²) in [5, 5.41) is 8.54. The number of halogens is 3. The fraction of sp³-hybridized carbons (Fsp3) is 0.125. The molecule has 0 aliphatic heterocycles. The van der Waals surface area contributed by atoms with Crippen molar-refractivity contribution in [2.24, 2.45) is 0 Å². The summed E-state index contributed by atoms with van der Waals surface area (Å²) in [7, 11) is 0. The molecule has 1 atom stereocenters. The van der Waals surface area contributed by atoms with Crippen LogP contribution < -0.4 is 0 Å². The number of alkyl halides is 1. The first-order valence-corrected chi connectivity index (χ1v) is 4.33. The molecule has 4 heteroatoms. The van der Waals surface area contributed by atoms with Crippen molar-refractivity contribution >= 4 is 34.8 Å². The van der Waals surface area contributed by atoms with E-state index >= 15 is 0 Å². The van der Waals surface area contributed by atoms with E-state index in [1.165, 1.54) is 0 Å². The smallest absolute Gasteiger partial charge is 0.147 e. The topological polar surface area (TPSA) is 23.8 Å². The summed E-state index contributed by atoms with van der Waals surface area (Å²) in [5.41, 5.74) is 0.549. The van der Waals surface area contributed by atoms with Gasteiger partial charge >= 0.3 is 0 Å². The van der Waals surface area contributed by atoms with Crippen LogP contribution in [0.4, 0.5) is 0 Å². The van der Waals surface area contributed by atoms with Gasteiger partial charge in [0.15, 0.2) is 0 Å². The minimum absolute atomic E-state index is 0.348. The van der Waals surface area contributed by atoms with Crippen molar-refractivity contribution in [3.05, 3.63) is 33.8 Å². The van der Waals surface area contributed by atoms with Crippen molar-refractivity contribution in [2.75, 3.05) is 0 Å². The molecule has 0 aliphatic carbocycles. The van der Waals surface area contributed by atoms with Gasteiger partial charge in [0, 0.05) is 5.56 Å². The van der Waals surface area contributed by atoms with Crippen LogP contribution in [-0.4, -0.2) is 0 Å². The molecule has 1 nitrogen and oxygen atoms in total. The number of nitriles is 1. The van der Waals surface area contributed by atoms with Crippen molar-refractivity contribution in [2.45, 2.75) is 5.38 Å². The molecule has 0 spiro atoms. The molecule has 0 radical (unpaired) electrons. The van der Waals surface area contributed by atoms with Gasteiger partial charge in [-0.3, -0.25) is 0 Å². The van der Waals surface area contributed by atoms with Crippen LogP contribution in [-0.2, 0) is 0 Å². The summed E-state index contributed by atoms with van der Waals surface area (Å²) in [6.45, 7) is 0. The Hall–Kier alpha value is -0.420. The molecule has 0 fully saturated rings. The van der Waals surface area contributed by atoms with Gasteiger partial charge in [-0.1, -0.05) is 35.3 Å². The molecule has 0 saturated carbocycles. The molecule has 0 N–H and O–H groups in total. The minimum atomic E-state index is -0.740. The largest absolute Gasteiger partial charge is 0.196 e. The number of benzene rings is 1. The van der Waals surface area contributed by atoms with Crippen LogP contribution in [0.3, 0.4) is 0 Å². The predicted octanol–water partition coefficient (Wildman–Crippen LogP) is 3.80. The monoisotopic (exact) mass is 219 g/mol. The Morgan fingerprint density at radius 2 is 2.00 bits per heavy atom. The van der Waals surface area contributed by atoms with Crippen LogP contribution >= 0.6 is 34.8 Å². The van der Waals surface area contributed by atoms with Crippen molar-refractivity contribution < 1.29 is 0 Å². The summed E-state index contributed by atoms with van der Waals surface area (Å²) in [6.07, 6.45) is 0. The second kappa shape index (κ2) is 4.00. The highest BCUT2D eigenvalue weighted by molar-refractivity contribution is 6.43. The third-order valence-electron chi connectivity index (χ3n) is 1.37. The van der Waals surface area contributed by atoms with E-state index in [1.54, 1.807) is 18.2 Å². The van der Waals surface area contributed by atoms with Crippen LogP contribution in [0.2, 0.25) is 10.0 Å². The van der Waals surface area contributed by atoms with Crippen molar-refractivity contribution in [3.63, 3.8) is 0 Å². The number of nitrogens with zero attached hydrogens (tertiary/aromatic N) is 1. The molecule has 0 unspecified atom stereocenters. The van der Waals surface area contributed by atoms with E-state index in [1.807, 2.05) is 6.07 Å². The highest BCUT2D eigenvalue weighted by Crippen LogP contribution is 2.32. The second-order valence-electron chi connectivity index (χ2n) is 2.13. The number of hydrogen-bond donors (Lipinski definition) is 0. The maximum Gasteiger partial charge on any atom is 0.147 e. The zero-order chi connectivity index (χ0) is 9.14. The lowest BCUT2D eigenvalue weighted by molar-refractivity contribution is 1.21. The second-order valence-corrected chi connectivity index (χ2v) is 3.36. The molecule has 12 heavy (non-hydrogen) atoms. The highest BCUT2D eigenvalue weighted by Gasteiger charge is 2.11. The molecule has 0 saturated heterocycles. The first kappa shape index (κ1) is 9.67.